The molecular weight excluding hydrogens is 260 g/mol. The number of rotatable bonds is 10. The summed E-state index contributed by atoms with van der Waals surface area (Å²) in [5.41, 5.74) is 6.20. The Kier molecular flexibility index (Phi) is 8.25. The molecule has 0 fully saturated rings. The van der Waals surface area contributed by atoms with Gasteiger partial charge in [-0.1, -0.05) is 6.07 Å². The minimum atomic E-state index is 0.0954. The molecule has 0 spiro atoms. The molecule has 110 valence electrons. The van der Waals surface area contributed by atoms with Crippen LogP contribution in [0.3, 0.4) is 0 Å². The Morgan fingerprint density at radius 1 is 1.26 bits per heavy atom. The molecule has 0 saturated heterocycles. The van der Waals surface area contributed by atoms with Crippen LogP contribution in [-0.4, -0.2) is 51.5 Å². The average molecular weight is 286 g/mol. The number of methoxy groups -OCH3 is 2. The molecule has 1 aromatic heterocycles. The summed E-state index contributed by atoms with van der Waals surface area (Å²) >= 11 is 1.77. The lowest BCUT2D eigenvalue weighted by Gasteiger charge is -2.33. The zero-order valence-corrected chi connectivity index (χ0v) is 13.0. The van der Waals surface area contributed by atoms with E-state index in [1.807, 2.05) is 0 Å². The van der Waals surface area contributed by atoms with Gasteiger partial charge in [0.2, 0.25) is 0 Å². The van der Waals surface area contributed by atoms with E-state index in [9.17, 15) is 0 Å². The van der Waals surface area contributed by atoms with Gasteiger partial charge in [-0.15, -0.1) is 11.3 Å². The minimum absolute atomic E-state index is 0.0954. The first-order valence-electron chi connectivity index (χ1n) is 6.71. The zero-order valence-electron chi connectivity index (χ0n) is 12.2. The highest BCUT2D eigenvalue weighted by atomic mass is 32.1. The smallest absolute Gasteiger partial charge is 0.0591 e. The van der Waals surface area contributed by atoms with E-state index in [4.69, 9.17) is 15.2 Å². The standard InChI is InChI=1S/C14H26N2O2S/c1-12(15)14(13-6-4-11-19-13)16(8-10-18-3)7-5-9-17-2/h4,6,11-12,14H,5,7-10,15H2,1-3H3. The Morgan fingerprint density at radius 2 is 2.00 bits per heavy atom. The lowest BCUT2D eigenvalue weighted by atomic mass is 10.1. The van der Waals surface area contributed by atoms with Crippen LogP contribution in [0.2, 0.25) is 0 Å². The van der Waals surface area contributed by atoms with Gasteiger partial charge < -0.3 is 15.2 Å². The monoisotopic (exact) mass is 286 g/mol. The fraction of sp³-hybridized carbons (Fsp3) is 0.714. The van der Waals surface area contributed by atoms with Crippen molar-refractivity contribution in [2.24, 2.45) is 5.73 Å². The molecule has 0 bridgehead atoms. The molecule has 1 rings (SSSR count). The third-order valence-corrected chi connectivity index (χ3v) is 4.05. The molecule has 0 aliphatic carbocycles. The number of hydrogen-bond acceptors (Lipinski definition) is 5. The predicted molar refractivity (Wildman–Crippen MR) is 80.7 cm³/mol. The van der Waals surface area contributed by atoms with Crippen LogP contribution in [0.4, 0.5) is 0 Å². The second kappa shape index (κ2) is 9.44. The maximum absolute atomic E-state index is 6.20. The van der Waals surface area contributed by atoms with Crippen LogP contribution in [0.25, 0.3) is 0 Å². The van der Waals surface area contributed by atoms with Gasteiger partial charge in [-0.2, -0.15) is 0 Å². The molecule has 0 radical (unpaired) electrons. The normalized spacial score (nSPS) is 14.8. The van der Waals surface area contributed by atoms with Gasteiger partial charge in [0.15, 0.2) is 0 Å². The molecule has 0 aliphatic rings. The highest BCUT2D eigenvalue weighted by Crippen LogP contribution is 2.27. The van der Waals surface area contributed by atoms with E-state index in [0.717, 1.165) is 32.7 Å². The van der Waals surface area contributed by atoms with Crippen molar-refractivity contribution in [2.75, 3.05) is 40.5 Å². The molecule has 1 heterocycles. The predicted octanol–water partition coefficient (Wildman–Crippen LogP) is 2.12. The summed E-state index contributed by atoms with van der Waals surface area (Å²) in [4.78, 5) is 3.72. The largest absolute Gasteiger partial charge is 0.385 e. The van der Waals surface area contributed by atoms with Crippen LogP contribution in [0.15, 0.2) is 17.5 Å². The maximum atomic E-state index is 6.20. The van der Waals surface area contributed by atoms with E-state index >= 15 is 0 Å². The van der Waals surface area contributed by atoms with Gasteiger partial charge in [0, 0.05) is 44.8 Å². The number of nitrogens with zero attached hydrogens (tertiary/aromatic N) is 1. The summed E-state index contributed by atoms with van der Waals surface area (Å²) in [6.07, 6.45) is 1.01. The molecule has 0 aromatic carbocycles. The third-order valence-electron chi connectivity index (χ3n) is 3.10. The number of thiophene rings is 1. The van der Waals surface area contributed by atoms with E-state index in [-0.39, 0.29) is 12.1 Å². The van der Waals surface area contributed by atoms with Crippen LogP contribution in [0, 0.1) is 0 Å². The van der Waals surface area contributed by atoms with E-state index in [0.29, 0.717) is 0 Å². The molecule has 5 heteroatoms. The number of ether oxygens (including phenoxy) is 2. The van der Waals surface area contributed by atoms with Crippen LogP contribution >= 0.6 is 11.3 Å². The van der Waals surface area contributed by atoms with Crippen LogP contribution < -0.4 is 5.73 Å². The first-order chi connectivity index (χ1) is 9.20. The van der Waals surface area contributed by atoms with Crippen molar-refractivity contribution in [3.63, 3.8) is 0 Å². The topological polar surface area (TPSA) is 47.7 Å². The SMILES string of the molecule is COCCCN(CCOC)C(c1cccs1)C(C)N. The van der Waals surface area contributed by atoms with Crippen LogP contribution in [-0.2, 0) is 9.47 Å². The number of hydrogen-bond donors (Lipinski definition) is 1. The van der Waals surface area contributed by atoms with Crippen molar-refractivity contribution in [1.29, 1.82) is 0 Å². The Balaban J connectivity index is 2.72. The Bertz CT molecular complexity index is 317. The first-order valence-corrected chi connectivity index (χ1v) is 7.59. The van der Waals surface area contributed by atoms with Crippen molar-refractivity contribution in [2.45, 2.75) is 25.4 Å². The van der Waals surface area contributed by atoms with Crippen molar-refractivity contribution in [3.8, 4) is 0 Å². The van der Waals surface area contributed by atoms with Gasteiger partial charge in [0.1, 0.15) is 0 Å². The molecule has 0 aliphatic heterocycles. The molecule has 19 heavy (non-hydrogen) atoms. The molecule has 1 aromatic rings. The molecule has 2 atom stereocenters. The van der Waals surface area contributed by atoms with E-state index in [1.54, 1.807) is 25.6 Å². The Labute approximate surface area is 120 Å². The second-order valence-corrected chi connectivity index (χ2v) is 5.67. The fourth-order valence-corrected chi connectivity index (χ4v) is 3.22. The van der Waals surface area contributed by atoms with Gasteiger partial charge in [0.05, 0.1) is 12.6 Å². The van der Waals surface area contributed by atoms with Gasteiger partial charge in [0.25, 0.3) is 0 Å². The summed E-state index contributed by atoms with van der Waals surface area (Å²) < 4.78 is 10.4. The molecule has 2 N–H and O–H groups in total. The summed E-state index contributed by atoms with van der Waals surface area (Å²) in [6, 6.07) is 4.60. The Hall–Kier alpha value is -0.460. The highest BCUT2D eigenvalue weighted by Gasteiger charge is 2.24. The van der Waals surface area contributed by atoms with Gasteiger partial charge in [-0.05, 0) is 24.8 Å². The van der Waals surface area contributed by atoms with Gasteiger partial charge >= 0.3 is 0 Å². The average Bonchev–Trinajstić information content (AvgIpc) is 2.89. The van der Waals surface area contributed by atoms with Gasteiger partial charge in [-0.3, -0.25) is 4.90 Å². The summed E-state index contributed by atoms with van der Waals surface area (Å²) in [5, 5.41) is 2.11. The van der Waals surface area contributed by atoms with E-state index < -0.39 is 0 Å². The van der Waals surface area contributed by atoms with E-state index in [2.05, 4.69) is 29.3 Å². The van der Waals surface area contributed by atoms with Crippen LogP contribution in [0.5, 0.6) is 0 Å². The molecule has 0 saturated carbocycles. The summed E-state index contributed by atoms with van der Waals surface area (Å²) in [5.74, 6) is 0. The second-order valence-electron chi connectivity index (χ2n) is 4.69. The van der Waals surface area contributed by atoms with Crippen molar-refractivity contribution >= 4 is 11.3 Å². The third kappa shape index (κ3) is 5.58. The lowest BCUT2D eigenvalue weighted by molar-refractivity contribution is 0.0993. The lowest BCUT2D eigenvalue weighted by Crippen LogP contribution is -2.41. The molecule has 0 amide bonds. The number of nitrogens with two attached hydrogens (primary N) is 1. The summed E-state index contributed by atoms with van der Waals surface area (Å²) in [6.45, 7) is 5.44. The molecule has 2 unspecified atom stereocenters. The van der Waals surface area contributed by atoms with Crippen molar-refractivity contribution in [3.05, 3.63) is 22.4 Å². The molecular formula is C14H26N2O2S. The van der Waals surface area contributed by atoms with Gasteiger partial charge in [-0.25, -0.2) is 0 Å². The Morgan fingerprint density at radius 3 is 2.53 bits per heavy atom. The summed E-state index contributed by atoms with van der Waals surface area (Å²) in [7, 11) is 3.47. The first kappa shape index (κ1) is 16.6. The van der Waals surface area contributed by atoms with Crippen LogP contribution in [0.1, 0.15) is 24.3 Å². The zero-order chi connectivity index (χ0) is 14.1. The minimum Gasteiger partial charge on any atom is -0.385 e. The molecule has 4 nitrogen and oxygen atoms in total. The highest BCUT2D eigenvalue weighted by molar-refractivity contribution is 7.10. The van der Waals surface area contributed by atoms with Crippen molar-refractivity contribution < 1.29 is 9.47 Å². The quantitative estimate of drug-likeness (QED) is 0.669. The maximum Gasteiger partial charge on any atom is 0.0591 e. The fourth-order valence-electron chi connectivity index (χ4n) is 2.24. The van der Waals surface area contributed by atoms with Crippen molar-refractivity contribution in [1.82, 2.24) is 4.90 Å². The van der Waals surface area contributed by atoms with E-state index in [1.165, 1.54) is 4.88 Å².